The lowest BCUT2D eigenvalue weighted by atomic mass is 9.87. The summed E-state index contributed by atoms with van der Waals surface area (Å²) in [5, 5.41) is 31.8. The number of carbonyl (C=O) groups excluding carboxylic acids is 1. The van der Waals surface area contributed by atoms with Crippen molar-refractivity contribution in [1.29, 1.82) is 0 Å². The molecule has 0 unspecified atom stereocenters. The van der Waals surface area contributed by atoms with Gasteiger partial charge in [-0.1, -0.05) is 12.8 Å². The van der Waals surface area contributed by atoms with Crippen LogP contribution in [0.1, 0.15) is 6.92 Å². The topological polar surface area (TPSA) is 227 Å². The normalized spacial score (nSPS) is 20.2. The standard InChI is InChI=1S/C24H40N4O11/c1-3-5-34-7-9-36-11-12-37-10-8-35-6-4-27-20(31)15-38-22(18(30)14-29)21-16(2)17(28-24(25)26)13-19(39-21)23(32)33/h1,13,16-18,21-22,29-30H,4-12,14-15H2,2H3,(H,27,31)(H,32,33)(H4,25,26,28)/t16-,17+,18-,21-,22-/m1/s1. The van der Waals surface area contributed by atoms with Gasteiger partial charge in [-0.15, -0.1) is 6.42 Å². The van der Waals surface area contributed by atoms with E-state index in [1.54, 1.807) is 6.92 Å². The summed E-state index contributed by atoms with van der Waals surface area (Å²) in [6.45, 7) is 3.41. The van der Waals surface area contributed by atoms with Gasteiger partial charge in [0.1, 0.15) is 31.5 Å². The number of hydrogen-bond acceptors (Lipinski definition) is 11. The molecule has 0 bridgehead atoms. The van der Waals surface area contributed by atoms with E-state index < -0.39 is 61.1 Å². The Balaban J connectivity index is 2.37. The summed E-state index contributed by atoms with van der Waals surface area (Å²) in [6.07, 6.45) is 2.47. The number of hydrogen-bond donors (Lipinski definition) is 6. The molecule has 0 aromatic carbocycles. The van der Waals surface area contributed by atoms with Crippen LogP contribution in [0, 0.1) is 18.3 Å². The fraction of sp³-hybridized carbons (Fsp3) is 0.708. The summed E-state index contributed by atoms with van der Waals surface area (Å²) in [5.41, 5.74) is 10.9. The molecule has 1 aliphatic heterocycles. The van der Waals surface area contributed by atoms with E-state index in [1.165, 1.54) is 6.08 Å². The lowest BCUT2D eigenvalue weighted by molar-refractivity contribution is -0.160. The molecule has 0 aromatic rings. The van der Waals surface area contributed by atoms with Gasteiger partial charge < -0.3 is 60.5 Å². The first-order valence-corrected chi connectivity index (χ1v) is 12.3. The van der Waals surface area contributed by atoms with E-state index in [4.69, 9.17) is 46.3 Å². The van der Waals surface area contributed by atoms with Crippen molar-refractivity contribution in [3.8, 4) is 12.3 Å². The van der Waals surface area contributed by atoms with Crippen LogP contribution in [0.2, 0.25) is 0 Å². The SMILES string of the molecule is C#CCOCCOCCOCCOCCNC(=O)CO[C@@H]([C@@H]1OC(C(=O)O)=C[C@H](N=C(N)N)[C@H]1C)[C@H](O)CO. The third-order valence-corrected chi connectivity index (χ3v) is 5.32. The first-order chi connectivity index (χ1) is 18.7. The highest BCUT2D eigenvalue weighted by molar-refractivity contribution is 5.85. The number of nitrogens with zero attached hydrogens (tertiary/aromatic N) is 1. The number of nitrogens with one attached hydrogen (secondary N) is 1. The molecule has 0 aliphatic carbocycles. The van der Waals surface area contributed by atoms with Crippen molar-refractivity contribution in [1.82, 2.24) is 5.32 Å². The van der Waals surface area contributed by atoms with Crippen LogP contribution in [0.5, 0.6) is 0 Å². The molecule has 15 nitrogen and oxygen atoms in total. The summed E-state index contributed by atoms with van der Waals surface area (Å²) >= 11 is 0. The molecule has 0 aromatic heterocycles. The molecule has 0 saturated carbocycles. The van der Waals surface area contributed by atoms with Crippen LogP contribution in [-0.2, 0) is 38.0 Å². The number of terminal acetylenes is 1. The Bertz CT molecular complexity index is 829. The summed E-state index contributed by atoms with van der Waals surface area (Å²) in [4.78, 5) is 27.8. The van der Waals surface area contributed by atoms with Gasteiger partial charge in [0, 0.05) is 12.5 Å². The van der Waals surface area contributed by atoms with Crippen molar-refractivity contribution in [2.75, 3.05) is 72.6 Å². The molecule has 1 amide bonds. The highest BCUT2D eigenvalue weighted by Gasteiger charge is 2.42. The zero-order chi connectivity index (χ0) is 29.0. The lowest BCUT2D eigenvalue weighted by Gasteiger charge is -2.38. The predicted molar refractivity (Wildman–Crippen MR) is 137 cm³/mol. The zero-order valence-corrected chi connectivity index (χ0v) is 22.0. The molecule has 1 rings (SSSR count). The number of carboxylic acids is 1. The Kier molecular flexibility index (Phi) is 17.5. The highest BCUT2D eigenvalue weighted by Crippen LogP contribution is 2.30. The number of aliphatic hydroxyl groups excluding tert-OH is 2. The van der Waals surface area contributed by atoms with Crippen molar-refractivity contribution in [3.05, 3.63) is 11.8 Å². The fourth-order valence-corrected chi connectivity index (χ4v) is 3.41. The molecule has 0 spiro atoms. The van der Waals surface area contributed by atoms with Crippen molar-refractivity contribution in [3.63, 3.8) is 0 Å². The van der Waals surface area contributed by atoms with Gasteiger partial charge in [-0.3, -0.25) is 4.79 Å². The van der Waals surface area contributed by atoms with Crippen LogP contribution in [0.25, 0.3) is 0 Å². The first-order valence-electron chi connectivity index (χ1n) is 12.3. The second kappa shape index (κ2) is 20.0. The van der Waals surface area contributed by atoms with Crippen molar-refractivity contribution >= 4 is 17.8 Å². The number of carbonyl (C=O) groups is 2. The zero-order valence-electron chi connectivity index (χ0n) is 22.0. The van der Waals surface area contributed by atoms with Gasteiger partial charge in [0.15, 0.2) is 5.96 Å². The van der Waals surface area contributed by atoms with Crippen LogP contribution in [0.15, 0.2) is 16.8 Å². The summed E-state index contributed by atoms with van der Waals surface area (Å²) in [6, 6.07) is -0.793. The third kappa shape index (κ3) is 14.1. The molecule has 39 heavy (non-hydrogen) atoms. The molecule has 222 valence electrons. The van der Waals surface area contributed by atoms with Crippen LogP contribution < -0.4 is 16.8 Å². The van der Waals surface area contributed by atoms with Crippen LogP contribution in [0.4, 0.5) is 0 Å². The number of aliphatic hydroxyl groups is 2. The lowest BCUT2D eigenvalue weighted by Crippen LogP contribution is -2.51. The van der Waals surface area contributed by atoms with Crippen molar-refractivity contribution in [2.45, 2.75) is 31.3 Å². The molecule has 5 atom stereocenters. The van der Waals surface area contributed by atoms with Crippen LogP contribution in [-0.4, -0.2) is 130 Å². The molecular formula is C24H40N4O11. The highest BCUT2D eigenvalue weighted by atomic mass is 16.6. The Morgan fingerprint density at radius 2 is 1.72 bits per heavy atom. The Morgan fingerprint density at radius 1 is 1.13 bits per heavy atom. The van der Waals surface area contributed by atoms with Gasteiger partial charge in [-0.2, -0.15) is 0 Å². The Hall–Kier alpha value is -2.97. The third-order valence-electron chi connectivity index (χ3n) is 5.32. The number of rotatable bonds is 21. The Morgan fingerprint density at radius 3 is 2.26 bits per heavy atom. The average Bonchev–Trinajstić information content (AvgIpc) is 2.90. The van der Waals surface area contributed by atoms with Gasteiger partial charge >= 0.3 is 5.97 Å². The predicted octanol–water partition coefficient (Wildman–Crippen LogP) is -2.81. The molecule has 0 radical (unpaired) electrons. The first kappa shape index (κ1) is 34.1. The molecular weight excluding hydrogens is 520 g/mol. The van der Waals surface area contributed by atoms with E-state index in [0.29, 0.717) is 39.6 Å². The smallest absolute Gasteiger partial charge is 0.370 e. The largest absolute Gasteiger partial charge is 0.480 e. The van der Waals surface area contributed by atoms with Gasteiger partial charge in [0.25, 0.3) is 0 Å². The minimum absolute atomic E-state index is 0.185. The maximum atomic E-state index is 12.2. The maximum absolute atomic E-state index is 12.2. The summed E-state index contributed by atoms with van der Waals surface area (Å²) < 4.78 is 32.1. The second-order valence-corrected chi connectivity index (χ2v) is 8.29. The second-order valence-electron chi connectivity index (χ2n) is 8.29. The van der Waals surface area contributed by atoms with Crippen LogP contribution in [0.3, 0.4) is 0 Å². The number of ether oxygens (including phenoxy) is 6. The van der Waals surface area contributed by atoms with E-state index in [0.717, 1.165) is 0 Å². The molecule has 1 heterocycles. The minimum Gasteiger partial charge on any atom is -0.480 e. The van der Waals surface area contributed by atoms with Gasteiger partial charge in [-0.25, -0.2) is 9.79 Å². The van der Waals surface area contributed by atoms with E-state index in [-0.39, 0.29) is 25.7 Å². The van der Waals surface area contributed by atoms with Crippen LogP contribution >= 0.6 is 0 Å². The number of nitrogens with two attached hydrogens (primary N) is 2. The Labute approximate surface area is 227 Å². The van der Waals surface area contributed by atoms with Gasteiger partial charge in [0.2, 0.25) is 11.7 Å². The summed E-state index contributed by atoms with van der Waals surface area (Å²) in [5.74, 6) is -0.827. The monoisotopic (exact) mass is 560 g/mol. The number of guanidine groups is 1. The quantitative estimate of drug-likeness (QED) is 0.0361. The van der Waals surface area contributed by atoms with E-state index in [2.05, 4.69) is 16.2 Å². The van der Waals surface area contributed by atoms with Crippen molar-refractivity contribution in [2.24, 2.45) is 22.4 Å². The molecule has 8 N–H and O–H groups in total. The van der Waals surface area contributed by atoms with E-state index in [1.807, 2.05) is 0 Å². The minimum atomic E-state index is -1.48. The molecule has 1 aliphatic rings. The molecule has 0 saturated heterocycles. The van der Waals surface area contributed by atoms with Gasteiger partial charge in [0.05, 0.1) is 58.9 Å². The fourth-order valence-electron chi connectivity index (χ4n) is 3.41. The molecule has 0 fully saturated rings. The van der Waals surface area contributed by atoms with Gasteiger partial charge in [-0.05, 0) is 6.08 Å². The number of amides is 1. The number of aliphatic carboxylic acids is 1. The number of aliphatic imine (C=N–C) groups is 1. The average molecular weight is 561 g/mol. The van der Waals surface area contributed by atoms with E-state index in [9.17, 15) is 24.9 Å². The van der Waals surface area contributed by atoms with E-state index >= 15 is 0 Å². The van der Waals surface area contributed by atoms with Crippen molar-refractivity contribution < 1.29 is 53.3 Å². The maximum Gasteiger partial charge on any atom is 0.370 e. The summed E-state index contributed by atoms with van der Waals surface area (Å²) in [7, 11) is 0. The number of carboxylic acid groups (broad SMARTS) is 1. The molecule has 15 heteroatoms.